The Kier molecular flexibility index (Phi) is 7.71. The summed E-state index contributed by atoms with van der Waals surface area (Å²) in [4.78, 5) is 0. The van der Waals surface area contributed by atoms with Crippen molar-refractivity contribution >= 4 is 12.4 Å². The maximum Gasteiger partial charge on any atom is 0.704 e. The molecule has 1 unspecified atom stereocenters. The first kappa shape index (κ1) is 29.9. The smallest absolute Gasteiger partial charge is 0.340 e. The van der Waals surface area contributed by atoms with Gasteiger partial charge >= 0.3 is 6.03 Å². The molecule has 0 saturated carbocycles. The number of benzene rings is 2. The van der Waals surface area contributed by atoms with E-state index in [1.165, 1.54) is 66.3 Å². The Bertz CT molecular complexity index is 1380. The van der Waals surface area contributed by atoms with E-state index in [4.69, 9.17) is 9.47 Å². The van der Waals surface area contributed by atoms with Crippen molar-refractivity contribution in [1.82, 2.24) is 0 Å². The molecule has 0 radical (unpaired) electrons. The first-order valence-corrected chi connectivity index (χ1v) is 16.2. The summed E-state index contributed by atoms with van der Waals surface area (Å²) in [5, 5.41) is 0. The van der Waals surface area contributed by atoms with Gasteiger partial charge in [0.05, 0.1) is 11.1 Å². The third-order valence-electron chi connectivity index (χ3n) is 9.07. The molecule has 2 aromatic rings. The summed E-state index contributed by atoms with van der Waals surface area (Å²) in [6.45, 7) is 23.7. The second-order valence-electron chi connectivity index (χ2n) is 15.4. The molecular formula is C37H54N2O2+2. The Morgan fingerprint density at radius 1 is 0.732 bits per heavy atom. The third kappa shape index (κ3) is 5.48. The monoisotopic (exact) mass is 558 g/mol. The highest BCUT2D eigenvalue weighted by molar-refractivity contribution is 5.85. The quantitative estimate of drug-likeness (QED) is 0.240. The lowest BCUT2D eigenvalue weighted by atomic mass is 9.79. The molecule has 0 N–H and O–H groups in total. The van der Waals surface area contributed by atoms with Crippen LogP contribution in [-0.4, -0.2) is 39.7 Å². The fraction of sp³-hybridized carbons (Fsp3) is 0.622. The minimum atomic E-state index is -1.03. The summed E-state index contributed by atoms with van der Waals surface area (Å²) < 4.78 is 19.1. The largest absolute Gasteiger partial charge is 0.704 e. The van der Waals surface area contributed by atoms with Crippen LogP contribution in [0.5, 0.6) is 11.5 Å². The van der Waals surface area contributed by atoms with E-state index in [1.807, 2.05) is 0 Å². The molecule has 222 valence electrons. The average Bonchev–Trinajstić information content (AvgIpc) is 3.09. The van der Waals surface area contributed by atoms with Gasteiger partial charge in [-0.1, -0.05) is 102 Å². The van der Waals surface area contributed by atoms with Crippen LogP contribution in [0.1, 0.15) is 141 Å². The summed E-state index contributed by atoms with van der Waals surface area (Å²) in [6.07, 6.45) is 14.2. The minimum absolute atomic E-state index is 0.0462. The van der Waals surface area contributed by atoms with Crippen molar-refractivity contribution in [2.24, 2.45) is 0 Å². The Morgan fingerprint density at radius 3 is 2.00 bits per heavy atom. The van der Waals surface area contributed by atoms with Gasteiger partial charge in [0.2, 0.25) is 12.1 Å². The number of hydrogen-bond donors (Lipinski definition) is 0. The molecule has 4 heteroatoms. The third-order valence-corrected chi connectivity index (χ3v) is 9.07. The zero-order chi connectivity index (χ0) is 29.8. The lowest BCUT2D eigenvalue weighted by molar-refractivity contribution is -0.867. The zero-order valence-electron chi connectivity index (χ0n) is 27.5. The second-order valence-corrected chi connectivity index (χ2v) is 15.4. The standard InChI is InChI=1S/C37H54N2O2/c1-11-13-15-17-26-19-27(18-16-14-12-2)32-28(20-26)24-39-36(9,10)25-38-23-29-21-30(34(3,4)5)22-31(35(6,7)8)33(29)41-37(38,39)40-32/h19-24H,11-18,25H2,1-10H3/q+2. The molecule has 1 saturated heterocycles. The van der Waals surface area contributed by atoms with Crippen LogP contribution in [0.2, 0.25) is 0 Å². The normalized spacial score (nSPS) is 20.6. The average molecular weight is 559 g/mol. The van der Waals surface area contributed by atoms with Crippen LogP contribution in [0, 0.1) is 0 Å². The van der Waals surface area contributed by atoms with Crippen molar-refractivity contribution < 1.29 is 18.6 Å². The predicted octanol–water partition coefficient (Wildman–Crippen LogP) is 8.50. The topological polar surface area (TPSA) is 24.5 Å². The fourth-order valence-electron chi connectivity index (χ4n) is 6.63. The van der Waals surface area contributed by atoms with E-state index in [0.717, 1.165) is 36.4 Å². The highest BCUT2D eigenvalue weighted by atomic mass is 16.7. The van der Waals surface area contributed by atoms with E-state index in [9.17, 15) is 0 Å². The predicted molar refractivity (Wildman–Crippen MR) is 171 cm³/mol. The molecule has 0 aliphatic carbocycles. The van der Waals surface area contributed by atoms with Crippen LogP contribution in [0.4, 0.5) is 0 Å². The Balaban J connectivity index is 1.67. The molecule has 0 aromatic heterocycles. The van der Waals surface area contributed by atoms with E-state index in [1.54, 1.807) is 0 Å². The number of nitrogens with zero attached hydrogens (tertiary/aromatic N) is 2. The summed E-state index contributed by atoms with van der Waals surface area (Å²) in [5.74, 6) is 1.95. The molecule has 1 spiro atoms. The zero-order valence-corrected chi connectivity index (χ0v) is 27.5. The van der Waals surface area contributed by atoms with Gasteiger partial charge < -0.3 is 9.47 Å². The Morgan fingerprint density at radius 2 is 1.37 bits per heavy atom. The Labute approximate surface area is 249 Å². The Hall–Kier alpha value is -2.62. The van der Waals surface area contributed by atoms with Crippen molar-refractivity contribution in [3.05, 3.63) is 57.6 Å². The highest BCUT2D eigenvalue weighted by Crippen LogP contribution is 2.47. The van der Waals surface area contributed by atoms with Crippen molar-refractivity contribution in [3.8, 4) is 11.5 Å². The van der Waals surface area contributed by atoms with Crippen LogP contribution in [0.25, 0.3) is 0 Å². The van der Waals surface area contributed by atoms with Gasteiger partial charge in [-0.05, 0) is 65.3 Å². The van der Waals surface area contributed by atoms with E-state index in [-0.39, 0.29) is 16.4 Å². The number of fused-ring (bicyclic) bond motifs is 2. The molecule has 4 nitrogen and oxygen atoms in total. The number of aryl methyl sites for hydroxylation is 2. The lowest BCUT2D eigenvalue weighted by Crippen LogP contribution is -2.61. The highest BCUT2D eigenvalue weighted by Gasteiger charge is 2.75. The van der Waals surface area contributed by atoms with Crippen LogP contribution >= 0.6 is 0 Å². The molecule has 1 fully saturated rings. The van der Waals surface area contributed by atoms with Gasteiger partial charge in [-0.2, -0.15) is 0 Å². The van der Waals surface area contributed by atoms with E-state index >= 15 is 0 Å². The van der Waals surface area contributed by atoms with Gasteiger partial charge in [0.15, 0.2) is 23.9 Å². The molecule has 0 amide bonds. The first-order valence-electron chi connectivity index (χ1n) is 16.2. The van der Waals surface area contributed by atoms with E-state index < -0.39 is 6.03 Å². The lowest BCUT2D eigenvalue weighted by Gasteiger charge is -2.33. The first-order chi connectivity index (χ1) is 19.2. The number of rotatable bonds is 8. The SMILES string of the molecule is CCCCCc1cc2c(c(CCCCC)c1)OC13Oc4c(cc(C(C)(C)C)cc4C(C)(C)C)C=[N+]1CC(C)(C)[N+]3=C2. The fourth-order valence-corrected chi connectivity index (χ4v) is 6.63. The second kappa shape index (κ2) is 10.6. The van der Waals surface area contributed by atoms with Crippen molar-refractivity contribution in [1.29, 1.82) is 0 Å². The molecular weight excluding hydrogens is 504 g/mol. The van der Waals surface area contributed by atoms with E-state index in [2.05, 4.69) is 115 Å². The summed E-state index contributed by atoms with van der Waals surface area (Å²) in [7, 11) is 0. The van der Waals surface area contributed by atoms with Gasteiger partial charge in [0.25, 0.3) is 0 Å². The molecule has 3 aliphatic rings. The number of hydrogen-bond acceptors (Lipinski definition) is 2. The van der Waals surface area contributed by atoms with Crippen molar-refractivity contribution in [3.63, 3.8) is 0 Å². The van der Waals surface area contributed by atoms with Gasteiger partial charge in [-0.3, -0.25) is 0 Å². The van der Waals surface area contributed by atoms with Gasteiger partial charge in [-0.15, -0.1) is 0 Å². The van der Waals surface area contributed by atoms with Crippen LogP contribution in [0.15, 0.2) is 24.3 Å². The molecule has 3 aliphatic heterocycles. The van der Waals surface area contributed by atoms with E-state index in [0.29, 0.717) is 0 Å². The van der Waals surface area contributed by atoms with Gasteiger partial charge in [-0.25, -0.2) is 0 Å². The summed E-state index contributed by atoms with van der Waals surface area (Å²) in [5.41, 5.74) is 7.46. The minimum Gasteiger partial charge on any atom is -0.340 e. The van der Waals surface area contributed by atoms with Crippen LogP contribution < -0.4 is 9.47 Å². The molecule has 1 atom stereocenters. The molecule has 5 rings (SSSR count). The van der Waals surface area contributed by atoms with Gasteiger partial charge in [0.1, 0.15) is 0 Å². The molecule has 2 aromatic carbocycles. The summed E-state index contributed by atoms with van der Waals surface area (Å²) >= 11 is 0. The molecule has 41 heavy (non-hydrogen) atoms. The molecule has 0 bridgehead atoms. The molecule has 3 heterocycles. The van der Waals surface area contributed by atoms with Gasteiger partial charge in [0, 0.05) is 19.4 Å². The summed E-state index contributed by atoms with van der Waals surface area (Å²) in [6, 6.07) is 8.45. The van der Waals surface area contributed by atoms with Crippen molar-refractivity contribution in [2.75, 3.05) is 6.54 Å². The van der Waals surface area contributed by atoms with Crippen molar-refractivity contribution in [2.45, 2.75) is 143 Å². The number of ether oxygens (including phenoxy) is 2. The maximum absolute atomic E-state index is 7.22. The number of unbranched alkanes of at least 4 members (excludes halogenated alkanes) is 4. The van der Waals surface area contributed by atoms with Crippen LogP contribution in [-0.2, 0) is 23.7 Å². The maximum atomic E-state index is 7.22. The van der Waals surface area contributed by atoms with Crippen LogP contribution in [0.3, 0.4) is 0 Å².